The molecule has 1 N–H and O–H groups in total. The number of hydrazine groups is 1. The Morgan fingerprint density at radius 1 is 0.960 bits per heavy atom. The summed E-state index contributed by atoms with van der Waals surface area (Å²) in [4.78, 5) is 29.3. The quantitative estimate of drug-likeness (QED) is 0.377. The van der Waals surface area contributed by atoms with Gasteiger partial charge in [0.2, 0.25) is 0 Å². The highest BCUT2D eigenvalue weighted by atomic mass is 127. The predicted octanol–water partition coefficient (Wildman–Crippen LogP) is 3.30. The Morgan fingerprint density at radius 3 is 2.52 bits per heavy atom. The third-order valence-electron chi connectivity index (χ3n) is 3.89. The number of aromatic nitrogens is 1. The van der Waals surface area contributed by atoms with Crippen LogP contribution >= 0.6 is 22.6 Å². The molecule has 0 aliphatic carbocycles. The number of amides is 2. The van der Waals surface area contributed by atoms with Gasteiger partial charge in [0.1, 0.15) is 5.57 Å². The van der Waals surface area contributed by atoms with Crippen LogP contribution in [-0.4, -0.2) is 16.8 Å². The Bertz CT molecular complexity index is 1030. The minimum absolute atomic E-state index is 0.0707. The first kappa shape index (κ1) is 15.8. The summed E-state index contributed by atoms with van der Waals surface area (Å²) < 4.78 is 1.05. The molecule has 4 rings (SSSR count). The lowest BCUT2D eigenvalue weighted by Gasteiger charge is -2.14. The van der Waals surface area contributed by atoms with Crippen molar-refractivity contribution in [2.24, 2.45) is 0 Å². The van der Waals surface area contributed by atoms with Gasteiger partial charge in [-0.2, -0.15) is 0 Å². The van der Waals surface area contributed by atoms with E-state index in [1.54, 1.807) is 18.2 Å². The fourth-order valence-electron chi connectivity index (χ4n) is 2.64. The molecule has 2 aromatic carbocycles. The summed E-state index contributed by atoms with van der Waals surface area (Å²) in [6.45, 7) is 0. The van der Waals surface area contributed by atoms with Crippen molar-refractivity contribution in [3.05, 3.63) is 75.5 Å². The number of para-hydroxylation sites is 1. The number of fused-ring (bicyclic) bond motifs is 1. The molecule has 25 heavy (non-hydrogen) atoms. The van der Waals surface area contributed by atoms with E-state index < -0.39 is 5.91 Å². The molecule has 6 heteroatoms. The first-order valence-corrected chi connectivity index (χ1v) is 8.68. The van der Waals surface area contributed by atoms with E-state index in [1.807, 2.05) is 42.5 Å². The predicted molar refractivity (Wildman–Crippen MR) is 105 cm³/mol. The average molecular weight is 441 g/mol. The first-order chi connectivity index (χ1) is 12.1. The third-order valence-corrected chi connectivity index (χ3v) is 4.61. The summed E-state index contributed by atoms with van der Waals surface area (Å²) in [7, 11) is 0. The number of pyridine rings is 1. The van der Waals surface area contributed by atoms with Crippen molar-refractivity contribution in [2.45, 2.75) is 0 Å². The molecule has 0 radical (unpaired) electrons. The van der Waals surface area contributed by atoms with Crippen molar-refractivity contribution in [3.63, 3.8) is 0 Å². The second kappa shape index (κ2) is 6.29. The molecule has 5 nitrogen and oxygen atoms in total. The van der Waals surface area contributed by atoms with Gasteiger partial charge >= 0.3 is 0 Å². The van der Waals surface area contributed by atoms with Gasteiger partial charge in [-0.15, -0.1) is 0 Å². The fraction of sp³-hybridized carbons (Fsp3) is 0. The fourth-order valence-corrected chi connectivity index (χ4v) is 3.00. The Hall–Kier alpha value is -2.74. The van der Waals surface area contributed by atoms with Gasteiger partial charge in [-0.25, -0.2) is 9.99 Å². The molecule has 1 aliphatic rings. The summed E-state index contributed by atoms with van der Waals surface area (Å²) in [6.07, 6.45) is 1.52. The summed E-state index contributed by atoms with van der Waals surface area (Å²) in [5.41, 5.74) is 4.67. The number of nitrogens with one attached hydrogen (secondary N) is 1. The monoisotopic (exact) mass is 441 g/mol. The zero-order chi connectivity index (χ0) is 17.4. The Labute approximate surface area is 157 Å². The highest BCUT2D eigenvalue weighted by Crippen LogP contribution is 2.22. The van der Waals surface area contributed by atoms with Crippen LogP contribution in [0.25, 0.3) is 17.0 Å². The number of hydrogen-bond acceptors (Lipinski definition) is 3. The van der Waals surface area contributed by atoms with Crippen LogP contribution in [0.1, 0.15) is 5.69 Å². The largest absolute Gasteiger partial charge is 0.282 e. The lowest BCUT2D eigenvalue weighted by atomic mass is 10.1. The van der Waals surface area contributed by atoms with Crippen LogP contribution in [0.5, 0.6) is 0 Å². The summed E-state index contributed by atoms with van der Waals surface area (Å²) >= 11 is 2.18. The van der Waals surface area contributed by atoms with E-state index >= 15 is 0 Å². The van der Waals surface area contributed by atoms with Gasteiger partial charge in [0, 0.05) is 8.96 Å². The molecule has 3 aromatic rings. The number of nitrogens with zero attached hydrogens (tertiary/aromatic N) is 2. The molecule has 122 valence electrons. The topological polar surface area (TPSA) is 62.3 Å². The molecule has 1 saturated heterocycles. The normalized spacial score (nSPS) is 15.9. The minimum atomic E-state index is -0.432. The van der Waals surface area contributed by atoms with Gasteiger partial charge in [-0.3, -0.25) is 15.0 Å². The molecule has 0 spiro atoms. The lowest BCUT2D eigenvalue weighted by molar-refractivity contribution is -0.117. The van der Waals surface area contributed by atoms with Crippen LogP contribution < -0.4 is 10.4 Å². The SMILES string of the molecule is O=C1NN(c2ccc(I)cc2)C(=O)C1=Cc1ccc2ccccc2n1. The van der Waals surface area contributed by atoms with Gasteiger partial charge in [-0.05, 0) is 65.1 Å². The van der Waals surface area contributed by atoms with Crippen LogP contribution in [0.2, 0.25) is 0 Å². The van der Waals surface area contributed by atoms with Crippen LogP contribution in [-0.2, 0) is 9.59 Å². The van der Waals surface area contributed by atoms with Crippen molar-refractivity contribution in [3.8, 4) is 0 Å². The van der Waals surface area contributed by atoms with Crippen LogP contribution in [0, 0.1) is 3.57 Å². The molecule has 1 aliphatic heterocycles. The highest BCUT2D eigenvalue weighted by molar-refractivity contribution is 14.1. The third kappa shape index (κ3) is 3.00. The minimum Gasteiger partial charge on any atom is -0.267 e. The smallest absolute Gasteiger partial charge is 0.267 e. The molecular weight excluding hydrogens is 429 g/mol. The molecule has 0 saturated carbocycles. The second-order valence-corrected chi connectivity index (χ2v) is 6.79. The van der Waals surface area contributed by atoms with Crippen LogP contribution in [0.15, 0.2) is 66.2 Å². The second-order valence-electron chi connectivity index (χ2n) is 5.54. The number of carbonyl (C=O) groups is 2. The van der Waals surface area contributed by atoms with E-state index in [-0.39, 0.29) is 11.5 Å². The van der Waals surface area contributed by atoms with Crippen LogP contribution in [0.4, 0.5) is 5.69 Å². The number of anilines is 1. The lowest BCUT2D eigenvalue weighted by Crippen LogP contribution is -2.35. The molecule has 1 fully saturated rings. The van der Waals surface area contributed by atoms with Gasteiger partial charge in [0.25, 0.3) is 11.8 Å². The van der Waals surface area contributed by atoms with Gasteiger partial charge in [-0.1, -0.05) is 24.3 Å². The molecule has 1 aromatic heterocycles. The molecule has 2 amide bonds. The highest BCUT2D eigenvalue weighted by Gasteiger charge is 2.34. The van der Waals surface area contributed by atoms with Crippen LogP contribution in [0.3, 0.4) is 0 Å². The molecular formula is C19H12IN3O2. The number of rotatable bonds is 2. The maximum Gasteiger partial charge on any atom is 0.282 e. The standard InChI is InChI=1S/C19H12IN3O2/c20-13-6-9-15(10-7-13)23-19(25)16(18(24)22-23)11-14-8-5-12-3-1-2-4-17(12)21-14/h1-11H,(H,22,24). The maximum atomic E-state index is 12.6. The van der Waals surface area contributed by atoms with E-state index in [9.17, 15) is 9.59 Å². The number of carbonyl (C=O) groups excluding carboxylic acids is 2. The zero-order valence-electron chi connectivity index (χ0n) is 12.9. The average Bonchev–Trinajstić information content (AvgIpc) is 2.90. The molecule has 0 bridgehead atoms. The van der Waals surface area contributed by atoms with E-state index in [2.05, 4.69) is 33.0 Å². The zero-order valence-corrected chi connectivity index (χ0v) is 15.1. The Morgan fingerprint density at radius 2 is 1.72 bits per heavy atom. The van der Waals surface area contributed by atoms with Crippen molar-refractivity contribution < 1.29 is 9.59 Å². The molecule has 0 unspecified atom stereocenters. The van der Waals surface area contributed by atoms with Crippen molar-refractivity contribution in [1.82, 2.24) is 10.4 Å². The van der Waals surface area contributed by atoms with E-state index in [4.69, 9.17) is 0 Å². The van der Waals surface area contributed by atoms with E-state index in [0.717, 1.165) is 14.5 Å². The Balaban J connectivity index is 1.69. The van der Waals surface area contributed by atoms with Crippen molar-refractivity contribution >= 4 is 57.1 Å². The van der Waals surface area contributed by atoms with Gasteiger partial charge in [0.05, 0.1) is 16.9 Å². The first-order valence-electron chi connectivity index (χ1n) is 7.60. The molecule has 2 heterocycles. The Kier molecular flexibility index (Phi) is 3.96. The number of hydrogen-bond donors (Lipinski definition) is 1. The van der Waals surface area contributed by atoms with Crippen molar-refractivity contribution in [1.29, 1.82) is 0 Å². The summed E-state index contributed by atoms with van der Waals surface area (Å²) in [5, 5.41) is 2.26. The van der Waals surface area contributed by atoms with Gasteiger partial charge < -0.3 is 0 Å². The summed E-state index contributed by atoms with van der Waals surface area (Å²) in [6, 6.07) is 18.7. The number of halogens is 1. The number of benzene rings is 2. The maximum absolute atomic E-state index is 12.6. The summed E-state index contributed by atoms with van der Waals surface area (Å²) in [5.74, 6) is -0.820. The van der Waals surface area contributed by atoms with Gasteiger partial charge in [0.15, 0.2) is 0 Å². The molecule has 0 atom stereocenters. The van der Waals surface area contributed by atoms with E-state index in [1.165, 1.54) is 11.1 Å². The van der Waals surface area contributed by atoms with E-state index in [0.29, 0.717) is 11.4 Å². The van der Waals surface area contributed by atoms with Crippen molar-refractivity contribution in [2.75, 3.05) is 5.01 Å².